The number of carbonyl (C=O) groups is 1. The van der Waals surface area contributed by atoms with Crippen LogP contribution in [0.2, 0.25) is 5.02 Å². The minimum absolute atomic E-state index is 0.0318. The molecular weight excluding hydrogens is 314 g/mol. The molecule has 5 nitrogen and oxygen atoms in total. The number of fused-ring (bicyclic) bond motifs is 2. The minimum atomic E-state index is -1.70. The average molecular weight is 326 g/mol. The molecule has 1 aromatic heterocycles. The topological polar surface area (TPSA) is 75.1 Å². The van der Waals surface area contributed by atoms with Gasteiger partial charge in [-0.15, -0.1) is 0 Å². The first kappa shape index (κ1) is 14.1. The van der Waals surface area contributed by atoms with Crippen LogP contribution < -0.4 is 5.32 Å². The van der Waals surface area contributed by atoms with Crippen LogP contribution in [0, 0.1) is 0 Å². The maximum atomic E-state index is 12.3. The van der Waals surface area contributed by atoms with Crippen LogP contribution in [0.15, 0.2) is 48.7 Å². The Kier molecular flexibility index (Phi) is 3.07. The standard InChI is InChI=1S/C17H12ClN3O2/c18-10-5-6-13-12(7-10)17(23,16(22)21-13)8-11-9-19-14-3-1-2-4-15(14)20-11/h1-7,9,23H,8H2,(H,21,22)/t17-/m0/s1. The summed E-state index contributed by atoms with van der Waals surface area (Å²) in [6.07, 6.45) is 1.61. The quantitative estimate of drug-likeness (QED) is 0.759. The van der Waals surface area contributed by atoms with Crippen molar-refractivity contribution in [1.82, 2.24) is 9.97 Å². The molecule has 0 spiro atoms. The Balaban J connectivity index is 1.77. The van der Waals surface area contributed by atoms with Gasteiger partial charge in [-0.3, -0.25) is 9.78 Å². The van der Waals surface area contributed by atoms with Gasteiger partial charge in [-0.25, -0.2) is 4.98 Å². The minimum Gasteiger partial charge on any atom is -0.375 e. The number of hydrogen-bond acceptors (Lipinski definition) is 4. The molecule has 4 rings (SSSR count). The Bertz CT molecular complexity index is 944. The highest BCUT2D eigenvalue weighted by Gasteiger charge is 2.45. The maximum absolute atomic E-state index is 12.3. The van der Waals surface area contributed by atoms with Gasteiger partial charge in [0.25, 0.3) is 5.91 Å². The summed E-state index contributed by atoms with van der Waals surface area (Å²) in [5.41, 5.74) is 1.35. The molecular formula is C17H12ClN3O2. The predicted molar refractivity (Wildman–Crippen MR) is 87.2 cm³/mol. The Hall–Kier alpha value is -2.50. The van der Waals surface area contributed by atoms with Crippen LogP contribution in [-0.2, 0) is 16.8 Å². The van der Waals surface area contributed by atoms with E-state index in [2.05, 4.69) is 15.3 Å². The van der Waals surface area contributed by atoms with E-state index in [0.717, 1.165) is 11.0 Å². The first-order chi connectivity index (χ1) is 11.1. The number of amides is 1. The van der Waals surface area contributed by atoms with E-state index >= 15 is 0 Å². The molecule has 0 unspecified atom stereocenters. The lowest BCUT2D eigenvalue weighted by atomic mass is 9.90. The fourth-order valence-corrected chi connectivity index (χ4v) is 3.01. The molecule has 6 heteroatoms. The highest BCUT2D eigenvalue weighted by molar-refractivity contribution is 6.31. The molecule has 3 aromatic rings. The lowest BCUT2D eigenvalue weighted by Crippen LogP contribution is -2.36. The molecule has 114 valence electrons. The van der Waals surface area contributed by atoms with E-state index in [-0.39, 0.29) is 6.42 Å². The number of aliphatic hydroxyl groups is 1. The van der Waals surface area contributed by atoms with Crippen molar-refractivity contribution >= 4 is 34.2 Å². The van der Waals surface area contributed by atoms with Crippen LogP contribution in [0.1, 0.15) is 11.3 Å². The maximum Gasteiger partial charge on any atom is 0.261 e. The number of rotatable bonds is 2. The van der Waals surface area contributed by atoms with E-state index in [1.165, 1.54) is 0 Å². The highest BCUT2D eigenvalue weighted by atomic mass is 35.5. The molecule has 23 heavy (non-hydrogen) atoms. The fourth-order valence-electron chi connectivity index (χ4n) is 2.83. The third-order valence-electron chi connectivity index (χ3n) is 3.99. The number of benzene rings is 2. The van der Waals surface area contributed by atoms with E-state index in [0.29, 0.717) is 22.0 Å². The normalized spacial score (nSPS) is 19.7. The summed E-state index contributed by atoms with van der Waals surface area (Å²) < 4.78 is 0. The van der Waals surface area contributed by atoms with Crippen molar-refractivity contribution in [3.8, 4) is 0 Å². The van der Waals surface area contributed by atoms with Gasteiger partial charge >= 0.3 is 0 Å². The smallest absolute Gasteiger partial charge is 0.261 e. The third kappa shape index (κ3) is 2.25. The van der Waals surface area contributed by atoms with Crippen molar-refractivity contribution in [3.63, 3.8) is 0 Å². The van der Waals surface area contributed by atoms with Crippen molar-refractivity contribution in [2.24, 2.45) is 0 Å². The Labute approximate surface area is 137 Å². The Morgan fingerprint density at radius 1 is 1.17 bits per heavy atom. The van der Waals surface area contributed by atoms with Crippen LogP contribution in [0.25, 0.3) is 11.0 Å². The van der Waals surface area contributed by atoms with Gasteiger partial charge in [-0.1, -0.05) is 23.7 Å². The van der Waals surface area contributed by atoms with Gasteiger partial charge in [0.2, 0.25) is 0 Å². The number of aromatic nitrogens is 2. The molecule has 0 saturated heterocycles. The Morgan fingerprint density at radius 3 is 2.78 bits per heavy atom. The van der Waals surface area contributed by atoms with Crippen molar-refractivity contribution in [1.29, 1.82) is 0 Å². The van der Waals surface area contributed by atoms with Crippen LogP contribution >= 0.6 is 11.6 Å². The second kappa shape index (κ2) is 5.01. The summed E-state index contributed by atoms with van der Waals surface area (Å²) in [6, 6.07) is 12.4. The number of nitrogens with one attached hydrogen (secondary N) is 1. The largest absolute Gasteiger partial charge is 0.375 e. The second-order valence-corrected chi connectivity index (χ2v) is 5.97. The van der Waals surface area contributed by atoms with Crippen LogP contribution in [0.4, 0.5) is 5.69 Å². The SMILES string of the molecule is O=C1Nc2ccc(Cl)cc2[C@@]1(O)Cc1cnc2ccccc2n1. The van der Waals surface area contributed by atoms with E-state index in [1.807, 2.05) is 24.3 Å². The molecule has 2 aromatic carbocycles. The molecule has 2 N–H and O–H groups in total. The molecule has 0 saturated carbocycles. The fraction of sp³-hybridized carbons (Fsp3) is 0.118. The lowest BCUT2D eigenvalue weighted by molar-refractivity contribution is -0.133. The van der Waals surface area contributed by atoms with Gasteiger partial charge in [-0.05, 0) is 30.3 Å². The van der Waals surface area contributed by atoms with E-state index in [1.54, 1.807) is 24.4 Å². The zero-order valence-corrected chi connectivity index (χ0v) is 12.7. The molecule has 2 heterocycles. The summed E-state index contributed by atoms with van der Waals surface area (Å²) in [7, 11) is 0. The summed E-state index contributed by atoms with van der Waals surface area (Å²) in [4.78, 5) is 21.1. The number of carbonyl (C=O) groups excluding carboxylic acids is 1. The molecule has 0 fully saturated rings. The molecule has 1 aliphatic rings. The van der Waals surface area contributed by atoms with Crippen LogP contribution in [-0.4, -0.2) is 21.0 Å². The van der Waals surface area contributed by atoms with Gasteiger partial charge in [0.1, 0.15) is 0 Å². The van der Waals surface area contributed by atoms with Gasteiger partial charge in [0.15, 0.2) is 5.60 Å². The summed E-state index contributed by atoms with van der Waals surface area (Å²) in [5, 5.41) is 14.1. The zero-order valence-electron chi connectivity index (χ0n) is 12.0. The van der Waals surface area contributed by atoms with E-state index in [9.17, 15) is 9.90 Å². The van der Waals surface area contributed by atoms with Crippen LogP contribution in [0.5, 0.6) is 0 Å². The number of nitrogens with zero attached hydrogens (tertiary/aromatic N) is 2. The summed E-state index contributed by atoms with van der Waals surface area (Å²) >= 11 is 6.00. The highest BCUT2D eigenvalue weighted by Crippen LogP contribution is 2.39. The molecule has 0 radical (unpaired) electrons. The number of halogens is 1. The van der Waals surface area contributed by atoms with Crippen LogP contribution in [0.3, 0.4) is 0 Å². The summed E-state index contributed by atoms with van der Waals surface area (Å²) in [5.74, 6) is -0.482. The second-order valence-electron chi connectivity index (χ2n) is 5.53. The molecule has 0 bridgehead atoms. The van der Waals surface area contributed by atoms with Crippen molar-refractivity contribution in [2.45, 2.75) is 12.0 Å². The predicted octanol–water partition coefficient (Wildman–Crippen LogP) is 2.67. The first-order valence-electron chi connectivity index (χ1n) is 7.11. The average Bonchev–Trinajstić information content (AvgIpc) is 2.79. The molecule has 1 aliphatic heterocycles. The molecule has 1 amide bonds. The van der Waals surface area contributed by atoms with Gasteiger partial charge in [0, 0.05) is 28.9 Å². The van der Waals surface area contributed by atoms with Gasteiger partial charge < -0.3 is 10.4 Å². The number of anilines is 1. The van der Waals surface area contributed by atoms with E-state index < -0.39 is 11.5 Å². The van der Waals surface area contributed by atoms with Gasteiger partial charge in [-0.2, -0.15) is 0 Å². The zero-order chi connectivity index (χ0) is 16.0. The number of para-hydroxylation sites is 2. The third-order valence-corrected chi connectivity index (χ3v) is 4.22. The van der Waals surface area contributed by atoms with Crippen molar-refractivity contribution in [3.05, 3.63) is 64.9 Å². The lowest BCUT2D eigenvalue weighted by Gasteiger charge is -2.20. The summed E-state index contributed by atoms with van der Waals surface area (Å²) in [6.45, 7) is 0. The van der Waals surface area contributed by atoms with Crippen molar-refractivity contribution in [2.75, 3.05) is 5.32 Å². The Morgan fingerprint density at radius 2 is 1.96 bits per heavy atom. The van der Waals surface area contributed by atoms with Gasteiger partial charge in [0.05, 0.1) is 16.7 Å². The van der Waals surface area contributed by atoms with Crippen molar-refractivity contribution < 1.29 is 9.90 Å². The molecule has 0 aliphatic carbocycles. The first-order valence-corrected chi connectivity index (χ1v) is 7.48. The number of hydrogen-bond donors (Lipinski definition) is 2. The van der Waals surface area contributed by atoms with E-state index in [4.69, 9.17) is 11.6 Å². The monoisotopic (exact) mass is 325 g/mol. The molecule has 1 atom stereocenters.